The van der Waals surface area contributed by atoms with Crippen LogP contribution in [0.3, 0.4) is 0 Å². The first-order chi connectivity index (χ1) is 18.1. The number of aromatic amines is 1. The monoisotopic (exact) mass is 538 g/mol. The van der Waals surface area contributed by atoms with Crippen molar-refractivity contribution < 1.29 is 19.4 Å². The molecule has 1 aliphatic rings. The quantitative estimate of drug-likeness (QED) is 0.360. The maximum absolute atomic E-state index is 12.6. The highest BCUT2D eigenvalue weighted by Gasteiger charge is 2.51. The highest BCUT2D eigenvalue weighted by atomic mass is 28.4. The molecule has 4 rings (SSSR count). The van der Waals surface area contributed by atoms with Crippen molar-refractivity contribution in [2.24, 2.45) is 5.92 Å². The number of aromatic nitrogens is 2. The number of aliphatic hydroxyl groups excluding tert-OH is 2. The average molecular weight is 539 g/mol. The number of rotatable bonds is 9. The first kappa shape index (κ1) is 28.2. The van der Waals surface area contributed by atoms with E-state index >= 15 is 0 Å². The molecule has 204 valence electrons. The molecular weight excluding hydrogens is 500 g/mol. The summed E-state index contributed by atoms with van der Waals surface area (Å²) in [5.41, 5.74) is -0.559. The van der Waals surface area contributed by atoms with Crippen LogP contribution in [0, 0.1) is 12.8 Å². The van der Waals surface area contributed by atoms with E-state index in [-0.39, 0.29) is 24.2 Å². The molecule has 4 atom stereocenters. The summed E-state index contributed by atoms with van der Waals surface area (Å²) in [5.74, 6) is -0.167. The van der Waals surface area contributed by atoms with Gasteiger partial charge >= 0.3 is 5.69 Å². The Labute approximate surface area is 224 Å². The molecule has 0 spiro atoms. The Balaban J connectivity index is 1.71. The maximum Gasteiger partial charge on any atom is 0.330 e. The maximum atomic E-state index is 12.6. The molecule has 0 amide bonds. The van der Waals surface area contributed by atoms with Crippen molar-refractivity contribution in [3.63, 3.8) is 0 Å². The summed E-state index contributed by atoms with van der Waals surface area (Å²) >= 11 is 0. The molecule has 0 aliphatic carbocycles. The number of hydrogen-bond acceptors (Lipinski definition) is 6. The second-order valence-corrected chi connectivity index (χ2v) is 15.5. The normalized spacial score (nSPS) is 20.9. The summed E-state index contributed by atoms with van der Waals surface area (Å²) in [5, 5.41) is 21.9. The minimum absolute atomic E-state index is 0.167. The van der Waals surface area contributed by atoms with Crippen LogP contribution in [0.1, 0.15) is 45.4 Å². The summed E-state index contributed by atoms with van der Waals surface area (Å²) in [7, 11) is -2.83. The molecule has 1 aliphatic heterocycles. The van der Waals surface area contributed by atoms with E-state index in [2.05, 4.69) is 50.0 Å². The Morgan fingerprint density at radius 3 is 2.18 bits per heavy atom. The molecule has 3 N–H and O–H groups in total. The van der Waals surface area contributed by atoms with Gasteiger partial charge < -0.3 is 19.4 Å². The van der Waals surface area contributed by atoms with E-state index in [1.54, 1.807) is 6.92 Å². The number of ether oxygens (including phenoxy) is 1. The number of hydrogen-bond donors (Lipinski definition) is 3. The van der Waals surface area contributed by atoms with Crippen molar-refractivity contribution in [1.29, 1.82) is 0 Å². The molecule has 1 aromatic heterocycles. The van der Waals surface area contributed by atoms with Crippen LogP contribution in [0.4, 0.5) is 0 Å². The number of aryl methyl sites for hydroxylation is 1. The molecule has 1 unspecified atom stereocenters. The lowest BCUT2D eigenvalue weighted by Crippen LogP contribution is -2.67. The molecule has 0 bridgehead atoms. The van der Waals surface area contributed by atoms with E-state index in [4.69, 9.17) is 9.16 Å². The van der Waals surface area contributed by atoms with Crippen molar-refractivity contribution in [1.82, 2.24) is 9.55 Å². The van der Waals surface area contributed by atoms with Gasteiger partial charge in [-0.15, -0.1) is 0 Å². The zero-order chi connectivity index (χ0) is 27.5. The number of nitrogens with one attached hydrogen (secondary N) is 1. The molecule has 1 fully saturated rings. The predicted octanol–water partition coefficient (Wildman–Crippen LogP) is 2.07. The third-order valence-corrected chi connectivity index (χ3v) is 12.5. The van der Waals surface area contributed by atoms with E-state index in [0.29, 0.717) is 18.4 Å². The fraction of sp³-hybridized carbons (Fsp3) is 0.448. The third-order valence-electron chi connectivity index (χ3n) is 7.48. The van der Waals surface area contributed by atoms with Crippen LogP contribution in [-0.4, -0.2) is 53.5 Å². The number of aliphatic hydroxyl groups is 2. The molecule has 2 aromatic carbocycles. The van der Waals surface area contributed by atoms with Gasteiger partial charge in [0.2, 0.25) is 0 Å². The highest BCUT2D eigenvalue weighted by molar-refractivity contribution is 6.99. The van der Waals surface area contributed by atoms with Gasteiger partial charge in [-0.1, -0.05) is 81.4 Å². The van der Waals surface area contributed by atoms with Crippen LogP contribution >= 0.6 is 0 Å². The second-order valence-electron chi connectivity index (χ2n) is 11.1. The number of benzene rings is 2. The summed E-state index contributed by atoms with van der Waals surface area (Å²) in [6.45, 7) is 8.14. The number of nitrogens with zero attached hydrogens (tertiary/aromatic N) is 1. The zero-order valence-corrected chi connectivity index (χ0v) is 23.5. The molecule has 2 heterocycles. The molecule has 38 heavy (non-hydrogen) atoms. The Hall–Kier alpha value is -2.82. The van der Waals surface area contributed by atoms with E-state index in [1.807, 2.05) is 36.4 Å². The highest BCUT2D eigenvalue weighted by Crippen LogP contribution is 2.40. The smallest absolute Gasteiger partial charge is 0.330 e. The molecule has 1 saturated heterocycles. The summed E-state index contributed by atoms with van der Waals surface area (Å²) in [6, 6.07) is 20.6. The lowest BCUT2D eigenvalue weighted by molar-refractivity contribution is -0.0347. The molecule has 3 aromatic rings. The van der Waals surface area contributed by atoms with Crippen molar-refractivity contribution in [2.75, 3.05) is 13.2 Å². The van der Waals surface area contributed by atoms with Crippen molar-refractivity contribution in [2.45, 2.75) is 64.0 Å². The summed E-state index contributed by atoms with van der Waals surface area (Å²) in [6.07, 6.45) is 0.294. The Morgan fingerprint density at radius 2 is 1.66 bits per heavy atom. The van der Waals surface area contributed by atoms with Gasteiger partial charge in [-0.2, -0.15) is 0 Å². The van der Waals surface area contributed by atoms with Crippen molar-refractivity contribution >= 4 is 18.7 Å². The standard InChI is InChI=1S/C29H38N2O6Si/c1-20-17-31(28(35)30-27(20)34)26-16-21(15-22(33)18-32)25(37-26)19-36-38(29(2,3)4,23-11-7-5-8-12-23)24-13-9-6-10-14-24/h5-14,17,21-22,25-26,32-33H,15-16,18-19H2,1-4H3,(H,30,34,35)/t21-,22?,25+,26+/m0/s1. The Morgan fingerprint density at radius 1 is 1.08 bits per heavy atom. The Kier molecular flexibility index (Phi) is 8.54. The van der Waals surface area contributed by atoms with Gasteiger partial charge in [0.25, 0.3) is 13.9 Å². The van der Waals surface area contributed by atoms with E-state index in [1.165, 1.54) is 10.8 Å². The van der Waals surface area contributed by atoms with Gasteiger partial charge in [0.1, 0.15) is 6.23 Å². The van der Waals surface area contributed by atoms with Gasteiger partial charge in [-0.05, 0) is 41.1 Å². The Bertz CT molecular complexity index is 1280. The molecular formula is C29H38N2O6Si. The van der Waals surface area contributed by atoms with Crippen molar-refractivity contribution in [3.8, 4) is 0 Å². The van der Waals surface area contributed by atoms with Gasteiger partial charge in [0.05, 0.1) is 25.4 Å². The fourth-order valence-electron chi connectivity index (χ4n) is 5.57. The molecule has 0 saturated carbocycles. The van der Waals surface area contributed by atoms with Crippen LogP contribution < -0.4 is 21.6 Å². The van der Waals surface area contributed by atoms with Gasteiger partial charge in [-0.25, -0.2) is 4.79 Å². The SMILES string of the molecule is Cc1cn([C@H]2C[C@H](CC(O)CO)[C@@H](CO[Si](c3ccccc3)(c3ccccc3)C(C)(C)C)O2)c(=O)[nH]c1=O. The fourth-order valence-corrected chi connectivity index (χ4v) is 10.1. The zero-order valence-electron chi connectivity index (χ0n) is 22.5. The minimum atomic E-state index is -2.83. The van der Waals surface area contributed by atoms with Crippen LogP contribution in [-0.2, 0) is 9.16 Å². The molecule has 8 nitrogen and oxygen atoms in total. The van der Waals surface area contributed by atoms with E-state index in [9.17, 15) is 19.8 Å². The second kappa shape index (κ2) is 11.5. The van der Waals surface area contributed by atoms with Gasteiger partial charge in [0, 0.05) is 11.8 Å². The van der Waals surface area contributed by atoms with Crippen molar-refractivity contribution in [3.05, 3.63) is 93.3 Å². The first-order valence-corrected chi connectivity index (χ1v) is 15.0. The summed E-state index contributed by atoms with van der Waals surface area (Å²) in [4.78, 5) is 26.9. The minimum Gasteiger partial charge on any atom is -0.405 e. The average Bonchev–Trinajstić information content (AvgIpc) is 3.29. The summed E-state index contributed by atoms with van der Waals surface area (Å²) < 4.78 is 14.9. The van der Waals surface area contributed by atoms with E-state index < -0.39 is 38.0 Å². The number of H-pyrrole nitrogens is 1. The van der Waals surface area contributed by atoms with Crippen LogP contribution in [0.15, 0.2) is 76.4 Å². The van der Waals surface area contributed by atoms with Crippen LogP contribution in [0.25, 0.3) is 0 Å². The molecule has 9 heteroatoms. The van der Waals surface area contributed by atoms with Crippen LogP contribution in [0.5, 0.6) is 0 Å². The van der Waals surface area contributed by atoms with Crippen LogP contribution in [0.2, 0.25) is 5.04 Å². The first-order valence-electron chi connectivity index (χ1n) is 13.1. The third kappa shape index (κ3) is 5.62. The van der Waals surface area contributed by atoms with Gasteiger partial charge in [0.15, 0.2) is 0 Å². The topological polar surface area (TPSA) is 114 Å². The molecule has 0 radical (unpaired) electrons. The predicted molar refractivity (Wildman–Crippen MR) is 149 cm³/mol. The van der Waals surface area contributed by atoms with E-state index in [0.717, 1.165) is 10.4 Å². The largest absolute Gasteiger partial charge is 0.405 e. The van der Waals surface area contributed by atoms with Gasteiger partial charge in [-0.3, -0.25) is 14.3 Å². The lowest BCUT2D eigenvalue weighted by atomic mass is 9.94. The lowest BCUT2D eigenvalue weighted by Gasteiger charge is -2.43.